The third kappa shape index (κ3) is 3.76. The molecule has 1 amide bonds. The normalized spacial score (nSPS) is 15.8. The smallest absolute Gasteiger partial charge is 0.414 e. The minimum Gasteiger partial charge on any atom is -0.441 e. The van der Waals surface area contributed by atoms with E-state index in [1.807, 2.05) is 6.92 Å². The van der Waals surface area contributed by atoms with Gasteiger partial charge in [0.05, 0.1) is 17.1 Å². The lowest BCUT2D eigenvalue weighted by Crippen LogP contribution is -2.38. The molecule has 1 atom stereocenters. The lowest BCUT2D eigenvalue weighted by molar-refractivity contribution is 0.108. The highest BCUT2D eigenvalue weighted by atomic mass is 32.2. The fourth-order valence-corrected chi connectivity index (χ4v) is 4.09. The zero-order valence-electron chi connectivity index (χ0n) is 16.6. The van der Waals surface area contributed by atoms with Gasteiger partial charge in [0.2, 0.25) is 0 Å². The average molecular weight is 443 g/mol. The number of rotatable bonds is 6. The Labute approximate surface area is 175 Å². The number of ether oxygens (including phenoxy) is 1. The monoisotopic (exact) mass is 443 g/mol. The lowest BCUT2D eigenvalue weighted by Gasteiger charge is -2.33. The van der Waals surface area contributed by atoms with Gasteiger partial charge >= 0.3 is 6.09 Å². The van der Waals surface area contributed by atoms with E-state index in [1.54, 1.807) is 19.1 Å². The number of anilines is 3. The molecule has 3 rings (SSSR count). The van der Waals surface area contributed by atoms with Gasteiger partial charge in [-0.05, 0) is 44.3 Å². The quantitative estimate of drug-likeness (QED) is 0.255. The molecule has 2 aromatic carbocycles. The van der Waals surface area contributed by atoms with Crippen molar-refractivity contribution in [1.82, 2.24) is 0 Å². The molecule has 1 aliphatic rings. The van der Waals surface area contributed by atoms with E-state index >= 15 is 0 Å². The molecule has 3 N–H and O–H groups in total. The summed E-state index contributed by atoms with van der Waals surface area (Å²) >= 11 is 0.824. The largest absolute Gasteiger partial charge is 0.441 e. The molecule has 30 heavy (non-hydrogen) atoms. The number of nitrogens with zero attached hydrogens (tertiary/aromatic N) is 1. The molecular formula is C20H21F4N3O2S. The van der Waals surface area contributed by atoms with Gasteiger partial charge in [-0.3, -0.25) is 4.90 Å². The van der Waals surface area contributed by atoms with E-state index < -0.39 is 46.6 Å². The summed E-state index contributed by atoms with van der Waals surface area (Å²) in [6.07, 6.45) is -0.317. The van der Waals surface area contributed by atoms with E-state index in [2.05, 4.69) is 4.72 Å². The SMILES string of the molecule is CCCN1C(=O)OC(C)c2c1ccc(NSCc1c(F)c(F)c(C)c(F)c1F)c2N. The van der Waals surface area contributed by atoms with Crippen LogP contribution >= 0.6 is 11.9 Å². The van der Waals surface area contributed by atoms with Crippen LogP contribution in [0, 0.1) is 30.2 Å². The Hall–Kier alpha value is -2.62. The van der Waals surface area contributed by atoms with Gasteiger partial charge in [0.15, 0.2) is 23.3 Å². The number of nitrogens with two attached hydrogens (primary N) is 1. The highest BCUT2D eigenvalue weighted by Crippen LogP contribution is 2.42. The molecule has 1 unspecified atom stereocenters. The topological polar surface area (TPSA) is 67.6 Å². The molecule has 0 spiro atoms. The second-order valence-electron chi connectivity index (χ2n) is 6.89. The Balaban J connectivity index is 1.83. The predicted octanol–water partition coefficient (Wildman–Crippen LogP) is 5.82. The molecule has 162 valence electrons. The molecule has 0 bridgehead atoms. The number of amides is 1. The molecule has 1 heterocycles. The molecule has 1 aliphatic heterocycles. The summed E-state index contributed by atoms with van der Waals surface area (Å²) < 4.78 is 63.7. The van der Waals surface area contributed by atoms with E-state index in [1.165, 1.54) is 4.90 Å². The highest BCUT2D eigenvalue weighted by Gasteiger charge is 2.32. The van der Waals surface area contributed by atoms with Crippen molar-refractivity contribution in [3.8, 4) is 0 Å². The summed E-state index contributed by atoms with van der Waals surface area (Å²) in [5.74, 6) is -6.05. The molecular weight excluding hydrogens is 422 g/mol. The van der Waals surface area contributed by atoms with Gasteiger partial charge in [-0.25, -0.2) is 22.4 Å². The summed E-state index contributed by atoms with van der Waals surface area (Å²) in [4.78, 5) is 13.6. The fourth-order valence-electron chi connectivity index (χ4n) is 3.28. The van der Waals surface area contributed by atoms with Crippen LogP contribution in [0.1, 0.15) is 43.1 Å². The van der Waals surface area contributed by atoms with Gasteiger partial charge in [-0.1, -0.05) is 6.92 Å². The van der Waals surface area contributed by atoms with Crippen molar-refractivity contribution in [3.63, 3.8) is 0 Å². The first-order chi connectivity index (χ1) is 14.2. The average Bonchev–Trinajstić information content (AvgIpc) is 2.71. The van der Waals surface area contributed by atoms with Crippen LogP contribution in [0.3, 0.4) is 0 Å². The third-order valence-corrected chi connectivity index (χ3v) is 5.68. The maximum Gasteiger partial charge on any atom is 0.414 e. The minimum atomic E-state index is -1.42. The Morgan fingerprint density at radius 3 is 2.40 bits per heavy atom. The number of nitrogens with one attached hydrogen (secondary N) is 1. The summed E-state index contributed by atoms with van der Waals surface area (Å²) in [6.45, 7) is 5.05. The predicted molar refractivity (Wildman–Crippen MR) is 109 cm³/mol. The second-order valence-corrected chi connectivity index (χ2v) is 7.67. The van der Waals surface area contributed by atoms with Crippen molar-refractivity contribution in [2.75, 3.05) is 21.9 Å². The van der Waals surface area contributed by atoms with Gasteiger partial charge in [0, 0.05) is 29.0 Å². The van der Waals surface area contributed by atoms with Crippen LogP contribution in [0.25, 0.3) is 0 Å². The number of halogens is 4. The van der Waals surface area contributed by atoms with E-state index in [0.29, 0.717) is 29.2 Å². The number of hydrogen-bond donors (Lipinski definition) is 2. The van der Waals surface area contributed by atoms with Crippen molar-refractivity contribution >= 4 is 35.1 Å². The van der Waals surface area contributed by atoms with E-state index in [-0.39, 0.29) is 5.75 Å². The Bertz CT molecular complexity index is 974. The molecule has 0 aromatic heterocycles. The fraction of sp³-hybridized carbons (Fsp3) is 0.350. The van der Waals surface area contributed by atoms with Crippen molar-refractivity contribution in [3.05, 3.63) is 52.1 Å². The number of carbonyl (C=O) groups is 1. The Morgan fingerprint density at radius 2 is 1.80 bits per heavy atom. The maximum atomic E-state index is 14.0. The highest BCUT2D eigenvalue weighted by molar-refractivity contribution is 7.99. The Morgan fingerprint density at radius 1 is 1.17 bits per heavy atom. The Kier molecular flexibility index (Phi) is 6.35. The van der Waals surface area contributed by atoms with Crippen LogP contribution in [0.4, 0.5) is 39.4 Å². The lowest BCUT2D eigenvalue weighted by atomic mass is 10.0. The summed E-state index contributed by atoms with van der Waals surface area (Å²) in [5.41, 5.74) is 6.81. The molecule has 2 aromatic rings. The van der Waals surface area contributed by atoms with Gasteiger partial charge in [-0.15, -0.1) is 0 Å². The molecule has 0 aliphatic carbocycles. The van der Waals surface area contributed by atoms with Gasteiger partial charge < -0.3 is 15.2 Å². The first-order valence-electron chi connectivity index (χ1n) is 9.28. The van der Waals surface area contributed by atoms with Crippen molar-refractivity contribution in [2.45, 2.75) is 39.0 Å². The van der Waals surface area contributed by atoms with Gasteiger partial charge in [0.25, 0.3) is 0 Å². The second kappa shape index (κ2) is 8.63. The standard InChI is InChI=1S/C20H21F4N3O2S/c1-4-7-27-13-6-5-12(19(25)14(13)10(3)29-20(27)28)26-30-8-11-17(23)15(21)9(2)16(22)18(11)24/h5-6,10,26H,4,7-8,25H2,1-3H3. The number of fused-ring (bicyclic) bond motifs is 1. The van der Waals surface area contributed by atoms with E-state index in [0.717, 1.165) is 25.3 Å². The summed E-state index contributed by atoms with van der Waals surface area (Å²) in [7, 11) is 0. The summed E-state index contributed by atoms with van der Waals surface area (Å²) in [5, 5.41) is 0. The van der Waals surface area contributed by atoms with Crippen LogP contribution in [-0.2, 0) is 10.5 Å². The number of carbonyl (C=O) groups excluding carboxylic acids is 1. The van der Waals surface area contributed by atoms with E-state index in [9.17, 15) is 22.4 Å². The zero-order valence-corrected chi connectivity index (χ0v) is 17.4. The number of hydrogen-bond acceptors (Lipinski definition) is 5. The number of nitrogen functional groups attached to an aromatic ring is 1. The van der Waals surface area contributed by atoms with E-state index in [4.69, 9.17) is 10.5 Å². The van der Waals surface area contributed by atoms with Gasteiger partial charge in [0.1, 0.15) is 6.10 Å². The van der Waals surface area contributed by atoms with Crippen molar-refractivity contribution in [2.24, 2.45) is 0 Å². The van der Waals surface area contributed by atoms with Crippen molar-refractivity contribution in [1.29, 1.82) is 0 Å². The molecule has 0 saturated heterocycles. The first kappa shape index (κ1) is 22.1. The van der Waals surface area contributed by atoms with Crippen LogP contribution in [-0.4, -0.2) is 12.6 Å². The molecule has 0 saturated carbocycles. The zero-order chi connectivity index (χ0) is 22.2. The number of cyclic esters (lactones) is 1. The van der Waals surface area contributed by atoms with Crippen LogP contribution in [0.5, 0.6) is 0 Å². The summed E-state index contributed by atoms with van der Waals surface area (Å²) in [6, 6.07) is 3.33. The van der Waals surface area contributed by atoms with Crippen LogP contribution in [0.15, 0.2) is 12.1 Å². The molecule has 10 heteroatoms. The van der Waals surface area contributed by atoms with Gasteiger partial charge in [-0.2, -0.15) is 0 Å². The third-order valence-electron chi connectivity index (χ3n) is 4.88. The van der Waals surface area contributed by atoms with Crippen LogP contribution in [0.2, 0.25) is 0 Å². The first-order valence-corrected chi connectivity index (χ1v) is 10.3. The maximum absolute atomic E-state index is 14.0. The van der Waals surface area contributed by atoms with Crippen molar-refractivity contribution < 1.29 is 27.1 Å². The molecule has 0 fully saturated rings. The van der Waals surface area contributed by atoms with Crippen LogP contribution < -0.4 is 15.4 Å². The minimum absolute atomic E-state index is 0.309. The molecule has 5 nitrogen and oxygen atoms in total. The number of benzene rings is 2. The molecule has 0 radical (unpaired) electrons.